The van der Waals surface area contributed by atoms with Crippen LogP contribution in [-0.4, -0.2) is 61.7 Å². The predicted octanol–water partition coefficient (Wildman–Crippen LogP) is -1.27. The molecule has 0 radical (unpaired) electrons. The summed E-state index contributed by atoms with van der Waals surface area (Å²) in [5.41, 5.74) is 0. The van der Waals surface area contributed by atoms with Crippen molar-refractivity contribution < 1.29 is 14.6 Å². The molecular weight excluding hydrogens is 132 g/mol. The van der Waals surface area contributed by atoms with Gasteiger partial charge in [0.1, 0.15) is 0 Å². The number of aliphatic hydroxyl groups is 1. The molecular formula is C5H14MgO3. The lowest BCUT2D eigenvalue weighted by Gasteiger charge is -1.98. The van der Waals surface area contributed by atoms with Crippen molar-refractivity contribution in [3.8, 4) is 0 Å². The molecule has 0 saturated heterocycles. The predicted molar refractivity (Wildman–Crippen MR) is 38.3 cm³/mol. The molecule has 0 aliphatic rings. The van der Waals surface area contributed by atoms with Crippen LogP contribution in [0.25, 0.3) is 0 Å². The number of aliphatic hydroxyl groups excluding tert-OH is 1. The summed E-state index contributed by atoms with van der Waals surface area (Å²) in [5, 5.41) is 8.20. The standard InChI is InChI=1S/C5H12O3.Mg.2H/c1-7-4-5-8-3-2-6;;;/h6H,2-5H2,1H3;;;. The summed E-state index contributed by atoms with van der Waals surface area (Å²) < 4.78 is 9.53. The third-order valence-electron chi connectivity index (χ3n) is 0.667. The molecule has 0 atom stereocenters. The van der Waals surface area contributed by atoms with Crippen molar-refractivity contribution in [3.05, 3.63) is 0 Å². The van der Waals surface area contributed by atoms with Crippen LogP contribution in [-0.2, 0) is 9.47 Å². The van der Waals surface area contributed by atoms with Gasteiger partial charge in [0.2, 0.25) is 0 Å². The fourth-order valence-electron chi connectivity index (χ4n) is 0.309. The Morgan fingerprint density at radius 2 is 1.89 bits per heavy atom. The van der Waals surface area contributed by atoms with Crippen molar-refractivity contribution in [3.63, 3.8) is 0 Å². The lowest BCUT2D eigenvalue weighted by molar-refractivity contribution is 0.0500. The Morgan fingerprint density at radius 3 is 2.33 bits per heavy atom. The molecule has 3 nitrogen and oxygen atoms in total. The van der Waals surface area contributed by atoms with Gasteiger partial charge in [0.25, 0.3) is 0 Å². The summed E-state index contributed by atoms with van der Waals surface area (Å²) in [7, 11) is 1.61. The molecule has 0 heterocycles. The van der Waals surface area contributed by atoms with Crippen molar-refractivity contribution in [1.82, 2.24) is 0 Å². The second-order valence-corrected chi connectivity index (χ2v) is 1.33. The van der Waals surface area contributed by atoms with E-state index in [9.17, 15) is 0 Å². The van der Waals surface area contributed by atoms with E-state index in [1.165, 1.54) is 0 Å². The quantitative estimate of drug-likeness (QED) is 0.388. The van der Waals surface area contributed by atoms with E-state index in [4.69, 9.17) is 9.84 Å². The molecule has 0 amide bonds. The summed E-state index contributed by atoms with van der Waals surface area (Å²) in [5.74, 6) is 0. The molecule has 0 aromatic carbocycles. The molecule has 0 rings (SSSR count). The lowest BCUT2D eigenvalue weighted by Crippen LogP contribution is -2.05. The monoisotopic (exact) mass is 146 g/mol. The molecule has 0 spiro atoms. The SMILES string of the molecule is COCCOCCO.[MgH2]. The summed E-state index contributed by atoms with van der Waals surface area (Å²) >= 11 is 0. The highest BCUT2D eigenvalue weighted by Gasteiger charge is 1.82. The fraction of sp³-hybridized carbons (Fsp3) is 1.00. The second-order valence-electron chi connectivity index (χ2n) is 1.33. The van der Waals surface area contributed by atoms with E-state index in [0.29, 0.717) is 19.8 Å². The van der Waals surface area contributed by atoms with Crippen molar-refractivity contribution in [2.45, 2.75) is 0 Å². The Labute approximate surface area is 71.5 Å². The van der Waals surface area contributed by atoms with Crippen LogP contribution in [0.2, 0.25) is 0 Å². The summed E-state index contributed by atoms with van der Waals surface area (Å²) in [4.78, 5) is 0. The molecule has 0 bridgehead atoms. The number of hydrogen-bond donors (Lipinski definition) is 1. The smallest absolute Gasteiger partial charge is 0.316 e. The molecule has 0 saturated carbocycles. The largest absolute Gasteiger partial charge is 0.394 e. The van der Waals surface area contributed by atoms with Gasteiger partial charge in [-0.25, -0.2) is 0 Å². The van der Waals surface area contributed by atoms with Gasteiger partial charge in [0, 0.05) is 7.11 Å². The highest BCUT2D eigenvalue weighted by Crippen LogP contribution is 1.72. The van der Waals surface area contributed by atoms with E-state index in [1.807, 2.05) is 0 Å². The first-order chi connectivity index (χ1) is 3.91. The van der Waals surface area contributed by atoms with Gasteiger partial charge >= 0.3 is 23.1 Å². The number of rotatable bonds is 5. The van der Waals surface area contributed by atoms with Crippen LogP contribution in [0.1, 0.15) is 0 Å². The Hall–Kier alpha value is 0.646. The van der Waals surface area contributed by atoms with E-state index in [-0.39, 0.29) is 29.7 Å². The van der Waals surface area contributed by atoms with Gasteiger partial charge in [0.15, 0.2) is 0 Å². The summed E-state index contributed by atoms with van der Waals surface area (Å²) in [6.45, 7) is 1.66. The van der Waals surface area contributed by atoms with Gasteiger partial charge in [-0.3, -0.25) is 0 Å². The molecule has 0 aliphatic heterocycles. The molecule has 54 valence electrons. The van der Waals surface area contributed by atoms with Crippen molar-refractivity contribution in [2.24, 2.45) is 0 Å². The van der Waals surface area contributed by atoms with Crippen LogP contribution in [0.3, 0.4) is 0 Å². The van der Waals surface area contributed by atoms with E-state index < -0.39 is 0 Å². The second kappa shape index (κ2) is 11.4. The molecule has 0 unspecified atom stereocenters. The van der Waals surface area contributed by atoms with Gasteiger partial charge in [0.05, 0.1) is 26.4 Å². The van der Waals surface area contributed by atoms with Crippen LogP contribution in [0.4, 0.5) is 0 Å². The maximum Gasteiger partial charge on any atom is 0.316 e. The average molecular weight is 146 g/mol. The van der Waals surface area contributed by atoms with Crippen LogP contribution in [0.15, 0.2) is 0 Å². The molecule has 0 fully saturated rings. The van der Waals surface area contributed by atoms with Gasteiger partial charge in [-0.2, -0.15) is 0 Å². The summed E-state index contributed by atoms with van der Waals surface area (Å²) in [6, 6.07) is 0. The Morgan fingerprint density at radius 1 is 1.22 bits per heavy atom. The van der Waals surface area contributed by atoms with E-state index in [1.54, 1.807) is 7.11 Å². The highest BCUT2D eigenvalue weighted by molar-refractivity contribution is 5.75. The van der Waals surface area contributed by atoms with E-state index in [0.717, 1.165) is 0 Å². The molecule has 0 aliphatic carbocycles. The molecule has 9 heavy (non-hydrogen) atoms. The van der Waals surface area contributed by atoms with Gasteiger partial charge in [-0.1, -0.05) is 0 Å². The minimum atomic E-state index is 0. The third kappa shape index (κ3) is 12.0. The minimum absolute atomic E-state index is 0. The number of methoxy groups -OCH3 is 1. The highest BCUT2D eigenvalue weighted by atomic mass is 24.3. The lowest BCUT2D eigenvalue weighted by atomic mass is 10.7. The summed E-state index contributed by atoms with van der Waals surface area (Å²) in [6.07, 6.45) is 0. The first kappa shape index (κ1) is 12.3. The number of hydrogen-bond acceptors (Lipinski definition) is 3. The van der Waals surface area contributed by atoms with E-state index >= 15 is 0 Å². The van der Waals surface area contributed by atoms with Gasteiger partial charge in [-0.05, 0) is 0 Å². The Bertz CT molecular complexity index is 37.2. The first-order valence-corrected chi connectivity index (χ1v) is 2.59. The molecule has 1 N–H and O–H groups in total. The maximum absolute atomic E-state index is 8.20. The number of ether oxygens (including phenoxy) is 2. The Kier molecular flexibility index (Phi) is 15.7. The van der Waals surface area contributed by atoms with Crippen LogP contribution in [0.5, 0.6) is 0 Å². The zero-order chi connectivity index (χ0) is 6.24. The third-order valence-corrected chi connectivity index (χ3v) is 0.667. The fourth-order valence-corrected chi connectivity index (χ4v) is 0.309. The van der Waals surface area contributed by atoms with Gasteiger partial charge in [-0.15, -0.1) is 0 Å². The zero-order valence-electron chi connectivity index (χ0n) is 5.09. The Balaban J connectivity index is 0. The zero-order valence-corrected chi connectivity index (χ0v) is 5.09. The van der Waals surface area contributed by atoms with Crippen LogP contribution >= 0.6 is 0 Å². The first-order valence-electron chi connectivity index (χ1n) is 2.59. The van der Waals surface area contributed by atoms with Gasteiger partial charge < -0.3 is 14.6 Å². The molecule has 0 aromatic heterocycles. The maximum atomic E-state index is 8.20. The average Bonchev–Trinajstić information content (AvgIpc) is 1.81. The minimum Gasteiger partial charge on any atom is -0.394 e. The molecule has 0 aromatic rings. The van der Waals surface area contributed by atoms with Crippen molar-refractivity contribution in [1.29, 1.82) is 0 Å². The topological polar surface area (TPSA) is 38.7 Å². The van der Waals surface area contributed by atoms with E-state index in [2.05, 4.69) is 4.74 Å². The van der Waals surface area contributed by atoms with Crippen LogP contribution in [0, 0.1) is 0 Å². The van der Waals surface area contributed by atoms with Crippen LogP contribution < -0.4 is 0 Å². The normalized spacial score (nSPS) is 8.67. The van der Waals surface area contributed by atoms with Crippen molar-refractivity contribution in [2.75, 3.05) is 33.5 Å². The van der Waals surface area contributed by atoms with Crippen molar-refractivity contribution >= 4 is 23.1 Å². The molecule has 4 heteroatoms.